The lowest BCUT2D eigenvalue weighted by atomic mass is 9.95. The number of benzene rings is 2. The summed E-state index contributed by atoms with van der Waals surface area (Å²) in [5.41, 5.74) is 10.3. The van der Waals surface area contributed by atoms with Crippen molar-refractivity contribution in [2.24, 2.45) is 0 Å². The highest BCUT2D eigenvalue weighted by Crippen LogP contribution is 2.35. The topological polar surface area (TPSA) is 102 Å². The van der Waals surface area contributed by atoms with Crippen molar-refractivity contribution in [3.05, 3.63) is 78.4 Å². The SMILES string of the molecule is Nc1nccn2c(C3CCN(C(=O)Cc4ccc(OC(F)(F)F)cc4)CC3)nc(-c3cc4ccccc4[nH]3)c12. The van der Waals surface area contributed by atoms with Gasteiger partial charge >= 0.3 is 6.36 Å². The van der Waals surface area contributed by atoms with Crippen LogP contribution in [-0.4, -0.2) is 49.6 Å². The highest BCUT2D eigenvalue weighted by Gasteiger charge is 2.31. The van der Waals surface area contributed by atoms with Gasteiger partial charge in [-0.25, -0.2) is 9.97 Å². The minimum Gasteiger partial charge on any atom is -0.406 e. The van der Waals surface area contributed by atoms with Gasteiger partial charge in [-0.05, 0) is 42.7 Å². The van der Waals surface area contributed by atoms with Crippen LogP contribution in [-0.2, 0) is 11.2 Å². The van der Waals surface area contributed by atoms with E-state index in [0.717, 1.165) is 46.5 Å². The largest absolute Gasteiger partial charge is 0.573 e. The molecule has 0 saturated carbocycles. The Morgan fingerprint density at radius 2 is 1.85 bits per heavy atom. The van der Waals surface area contributed by atoms with Crippen molar-refractivity contribution < 1.29 is 22.7 Å². The minimum atomic E-state index is -4.75. The molecule has 0 bridgehead atoms. The van der Waals surface area contributed by atoms with E-state index in [9.17, 15) is 18.0 Å². The van der Waals surface area contributed by atoms with Gasteiger partial charge in [0.1, 0.15) is 28.6 Å². The number of H-pyrrole nitrogens is 1. The number of carbonyl (C=O) groups is 1. The fraction of sp³-hybridized carbons (Fsp3) is 0.250. The monoisotopic (exact) mass is 534 g/mol. The van der Waals surface area contributed by atoms with E-state index in [1.165, 1.54) is 24.3 Å². The molecular formula is C28H25F3N6O2. The van der Waals surface area contributed by atoms with Gasteiger partial charge in [0.15, 0.2) is 0 Å². The molecule has 4 heterocycles. The van der Waals surface area contributed by atoms with Crippen molar-refractivity contribution in [2.45, 2.75) is 31.5 Å². The highest BCUT2D eigenvalue weighted by molar-refractivity contribution is 5.91. The molecule has 1 aliphatic rings. The van der Waals surface area contributed by atoms with Crippen LogP contribution in [0.4, 0.5) is 19.0 Å². The molecular weight excluding hydrogens is 509 g/mol. The summed E-state index contributed by atoms with van der Waals surface area (Å²) in [5, 5.41) is 1.08. The number of nitrogen functional groups attached to an aromatic ring is 1. The molecule has 3 N–H and O–H groups in total. The normalized spacial score (nSPS) is 14.8. The summed E-state index contributed by atoms with van der Waals surface area (Å²) in [5.74, 6) is 0.997. The van der Waals surface area contributed by atoms with Crippen LogP contribution in [0.2, 0.25) is 0 Å². The number of hydrogen-bond acceptors (Lipinski definition) is 5. The quantitative estimate of drug-likeness (QED) is 0.318. The average Bonchev–Trinajstić information content (AvgIpc) is 3.52. The number of rotatable bonds is 5. The maximum Gasteiger partial charge on any atom is 0.573 e. The van der Waals surface area contributed by atoms with Crippen molar-refractivity contribution in [1.29, 1.82) is 0 Å². The molecule has 11 heteroatoms. The number of fused-ring (bicyclic) bond motifs is 2. The third-order valence-corrected chi connectivity index (χ3v) is 7.12. The van der Waals surface area contributed by atoms with Gasteiger partial charge in [0.2, 0.25) is 5.91 Å². The summed E-state index contributed by atoms with van der Waals surface area (Å²) < 4.78 is 43.1. The maximum atomic E-state index is 12.9. The van der Waals surface area contributed by atoms with Gasteiger partial charge in [-0.2, -0.15) is 0 Å². The van der Waals surface area contributed by atoms with E-state index < -0.39 is 6.36 Å². The zero-order valence-electron chi connectivity index (χ0n) is 20.8. The first-order valence-electron chi connectivity index (χ1n) is 12.6. The van der Waals surface area contributed by atoms with Gasteiger partial charge in [0, 0.05) is 42.3 Å². The van der Waals surface area contributed by atoms with Gasteiger partial charge in [0.05, 0.1) is 12.1 Å². The van der Waals surface area contributed by atoms with Gasteiger partial charge in [-0.1, -0.05) is 30.3 Å². The molecule has 1 aliphatic heterocycles. The fourth-order valence-electron chi connectivity index (χ4n) is 5.25. The Morgan fingerprint density at radius 3 is 2.56 bits per heavy atom. The Labute approximate surface area is 221 Å². The molecule has 1 amide bonds. The average molecular weight is 535 g/mol. The molecule has 0 unspecified atom stereocenters. The van der Waals surface area contributed by atoms with Gasteiger partial charge < -0.3 is 20.4 Å². The molecule has 2 aromatic carbocycles. The number of piperidine rings is 1. The number of halogens is 3. The maximum absolute atomic E-state index is 12.9. The standard InChI is InChI=1S/C28H25F3N6O2/c29-28(30,31)39-20-7-5-17(6-8-20)15-23(38)36-12-9-18(10-13-36)27-35-24(25-26(32)33-11-14-37(25)27)22-16-19-3-1-2-4-21(19)34-22/h1-8,11,14,16,18,34H,9-10,12-13,15H2,(H2,32,33). The van der Waals surface area contributed by atoms with Crippen LogP contribution in [0.15, 0.2) is 67.0 Å². The Bertz CT molecular complexity index is 1620. The molecule has 1 saturated heterocycles. The number of aromatic nitrogens is 4. The number of nitrogens with zero attached hydrogens (tertiary/aromatic N) is 4. The lowest BCUT2D eigenvalue weighted by Gasteiger charge is -2.31. The lowest BCUT2D eigenvalue weighted by molar-refractivity contribution is -0.274. The van der Waals surface area contributed by atoms with E-state index in [2.05, 4.69) is 20.8 Å². The summed E-state index contributed by atoms with van der Waals surface area (Å²) >= 11 is 0. The molecule has 1 fully saturated rings. The highest BCUT2D eigenvalue weighted by atomic mass is 19.4. The van der Waals surface area contributed by atoms with Crippen molar-refractivity contribution in [1.82, 2.24) is 24.3 Å². The number of amides is 1. The number of alkyl halides is 3. The van der Waals surface area contributed by atoms with Crippen molar-refractivity contribution in [3.63, 3.8) is 0 Å². The third-order valence-electron chi connectivity index (χ3n) is 7.12. The number of imidazole rings is 1. The number of aromatic amines is 1. The predicted molar refractivity (Wildman–Crippen MR) is 140 cm³/mol. The second-order valence-electron chi connectivity index (χ2n) is 9.64. The number of likely N-dealkylation sites (tertiary alicyclic amines) is 1. The van der Waals surface area contributed by atoms with Gasteiger partial charge in [-0.15, -0.1) is 13.2 Å². The van der Waals surface area contributed by atoms with E-state index in [1.807, 2.05) is 34.9 Å². The fourth-order valence-corrected chi connectivity index (χ4v) is 5.25. The first-order chi connectivity index (χ1) is 18.7. The third kappa shape index (κ3) is 4.99. The lowest BCUT2D eigenvalue weighted by Crippen LogP contribution is -2.39. The molecule has 200 valence electrons. The van der Waals surface area contributed by atoms with Crippen molar-refractivity contribution in [3.8, 4) is 17.1 Å². The summed E-state index contributed by atoms with van der Waals surface area (Å²) in [7, 11) is 0. The molecule has 5 aromatic rings. The van der Waals surface area contributed by atoms with Gasteiger partial charge in [0.25, 0.3) is 0 Å². The number of anilines is 1. The summed E-state index contributed by atoms with van der Waals surface area (Å²) in [6, 6.07) is 15.5. The Morgan fingerprint density at radius 1 is 1.10 bits per heavy atom. The number of nitrogens with one attached hydrogen (secondary N) is 1. The molecule has 39 heavy (non-hydrogen) atoms. The molecule has 3 aromatic heterocycles. The summed E-state index contributed by atoms with van der Waals surface area (Å²) in [6.45, 7) is 1.10. The first-order valence-corrected chi connectivity index (χ1v) is 12.6. The molecule has 0 aliphatic carbocycles. The number of carbonyl (C=O) groups excluding carboxylic acids is 1. The van der Waals surface area contributed by atoms with E-state index in [1.54, 1.807) is 11.1 Å². The molecule has 6 rings (SSSR count). The van der Waals surface area contributed by atoms with Crippen LogP contribution in [0.3, 0.4) is 0 Å². The Kier molecular flexibility index (Phi) is 6.13. The second-order valence-corrected chi connectivity index (χ2v) is 9.64. The smallest absolute Gasteiger partial charge is 0.406 e. The zero-order valence-corrected chi connectivity index (χ0v) is 20.8. The Hall–Kier alpha value is -4.54. The van der Waals surface area contributed by atoms with Crippen LogP contribution >= 0.6 is 0 Å². The summed E-state index contributed by atoms with van der Waals surface area (Å²) in [4.78, 5) is 27.5. The second kappa shape index (κ2) is 9.64. The first kappa shape index (κ1) is 24.8. The molecule has 8 nitrogen and oxygen atoms in total. The van der Waals surface area contributed by atoms with Crippen LogP contribution in [0.5, 0.6) is 5.75 Å². The number of hydrogen-bond donors (Lipinski definition) is 2. The molecule has 0 spiro atoms. The number of ether oxygens (including phenoxy) is 1. The van der Waals surface area contributed by atoms with E-state index >= 15 is 0 Å². The number of para-hydroxylation sites is 1. The zero-order chi connectivity index (χ0) is 27.1. The Balaban J connectivity index is 1.18. The van der Waals surface area contributed by atoms with Crippen LogP contribution in [0.1, 0.15) is 30.1 Å². The van der Waals surface area contributed by atoms with Crippen molar-refractivity contribution in [2.75, 3.05) is 18.8 Å². The van der Waals surface area contributed by atoms with E-state index in [0.29, 0.717) is 24.5 Å². The molecule has 0 radical (unpaired) electrons. The minimum absolute atomic E-state index is 0.0712. The van der Waals surface area contributed by atoms with Gasteiger partial charge in [-0.3, -0.25) is 9.20 Å². The number of nitrogens with two attached hydrogens (primary N) is 1. The van der Waals surface area contributed by atoms with Crippen LogP contribution < -0.4 is 10.5 Å². The van der Waals surface area contributed by atoms with E-state index in [-0.39, 0.29) is 24.0 Å². The van der Waals surface area contributed by atoms with Crippen LogP contribution in [0, 0.1) is 0 Å². The molecule has 0 atom stereocenters. The van der Waals surface area contributed by atoms with E-state index in [4.69, 9.17) is 10.7 Å². The predicted octanol–water partition coefficient (Wildman–Crippen LogP) is 5.31. The summed E-state index contributed by atoms with van der Waals surface area (Å²) in [6.07, 6.45) is 0.321. The van der Waals surface area contributed by atoms with Crippen LogP contribution in [0.25, 0.3) is 27.8 Å². The van der Waals surface area contributed by atoms with Crippen molar-refractivity contribution >= 4 is 28.1 Å².